The Kier molecular flexibility index (Phi) is 8.33. The monoisotopic (exact) mass is 358 g/mol. The van der Waals surface area contributed by atoms with E-state index in [2.05, 4.69) is 0 Å². The lowest BCUT2D eigenvalue weighted by atomic mass is 10.2. The summed E-state index contributed by atoms with van der Waals surface area (Å²) in [6.07, 6.45) is 0.995. The van der Waals surface area contributed by atoms with Gasteiger partial charge in [-0.05, 0) is 33.6 Å². The van der Waals surface area contributed by atoms with Gasteiger partial charge in [0, 0.05) is 6.54 Å². The molecule has 1 heterocycles. The SMILES string of the molecule is CCOC(=O)CN(CC(=O)OCC)[C@@H](C)C(=O)N1CCC[C@H]1C(=O)O. The van der Waals surface area contributed by atoms with Crippen LogP contribution < -0.4 is 0 Å². The van der Waals surface area contributed by atoms with E-state index < -0.39 is 35.9 Å². The van der Waals surface area contributed by atoms with Crippen LogP contribution >= 0.6 is 0 Å². The number of ether oxygens (including phenoxy) is 2. The van der Waals surface area contributed by atoms with Crippen molar-refractivity contribution in [1.29, 1.82) is 0 Å². The van der Waals surface area contributed by atoms with Crippen LogP contribution in [-0.4, -0.2) is 83.7 Å². The van der Waals surface area contributed by atoms with Gasteiger partial charge in [0.25, 0.3) is 0 Å². The molecule has 1 amide bonds. The summed E-state index contributed by atoms with van der Waals surface area (Å²) in [5, 5.41) is 9.23. The first-order valence-electron chi connectivity index (χ1n) is 8.40. The molecule has 1 N–H and O–H groups in total. The molecule has 2 atom stereocenters. The Bertz CT molecular complexity index is 489. The zero-order valence-corrected chi connectivity index (χ0v) is 14.9. The van der Waals surface area contributed by atoms with E-state index in [0.717, 1.165) is 0 Å². The number of hydrogen-bond acceptors (Lipinski definition) is 7. The second-order valence-electron chi connectivity index (χ2n) is 5.72. The molecule has 0 spiro atoms. The maximum atomic E-state index is 12.7. The second-order valence-corrected chi connectivity index (χ2v) is 5.72. The number of aliphatic carboxylic acids is 1. The van der Waals surface area contributed by atoms with Gasteiger partial charge in [-0.15, -0.1) is 0 Å². The number of amides is 1. The molecule has 0 unspecified atom stereocenters. The van der Waals surface area contributed by atoms with Crippen molar-refractivity contribution in [2.75, 3.05) is 32.8 Å². The number of rotatable bonds is 9. The van der Waals surface area contributed by atoms with E-state index in [4.69, 9.17) is 9.47 Å². The highest BCUT2D eigenvalue weighted by atomic mass is 16.5. The van der Waals surface area contributed by atoms with Crippen molar-refractivity contribution in [3.8, 4) is 0 Å². The molecule has 0 aromatic rings. The summed E-state index contributed by atoms with van der Waals surface area (Å²) in [6, 6.07) is -1.73. The Balaban J connectivity index is 2.86. The molecule has 1 fully saturated rings. The van der Waals surface area contributed by atoms with Gasteiger partial charge in [0.2, 0.25) is 5.91 Å². The van der Waals surface area contributed by atoms with Crippen molar-refractivity contribution >= 4 is 23.8 Å². The van der Waals surface area contributed by atoms with Crippen molar-refractivity contribution in [3.05, 3.63) is 0 Å². The third-order valence-corrected chi connectivity index (χ3v) is 4.00. The molecule has 9 heteroatoms. The second kappa shape index (κ2) is 9.97. The van der Waals surface area contributed by atoms with E-state index in [1.165, 1.54) is 16.7 Å². The van der Waals surface area contributed by atoms with E-state index >= 15 is 0 Å². The Hall–Kier alpha value is -2.16. The van der Waals surface area contributed by atoms with Crippen LogP contribution in [0.4, 0.5) is 0 Å². The van der Waals surface area contributed by atoms with Crippen LogP contribution in [0.2, 0.25) is 0 Å². The number of carboxylic acids is 1. The Morgan fingerprint density at radius 3 is 2.08 bits per heavy atom. The number of likely N-dealkylation sites (tertiary alicyclic amines) is 1. The van der Waals surface area contributed by atoms with Crippen LogP contribution in [-0.2, 0) is 28.7 Å². The first kappa shape index (κ1) is 20.9. The van der Waals surface area contributed by atoms with Crippen molar-refractivity contribution in [3.63, 3.8) is 0 Å². The van der Waals surface area contributed by atoms with Crippen LogP contribution in [0.15, 0.2) is 0 Å². The van der Waals surface area contributed by atoms with Crippen molar-refractivity contribution < 1.29 is 33.8 Å². The van der Waals surface area contributed by atoms with Gasteiger partial charge in [-0.25, -0.2) is 4.79 Å². The summed E-state index contributed by atoms with van der Waals surface area (Å²) in [4.78, 5) is 50.2. The lowest BCUT2D eigenvalue weighted by molar-refractivity contribution is -0.155. The molecule has 0 aliphatic carbocycles. The van der Waals surface area contributed by atoms with Gasteiger partial charge in [-0.1, -0.05) is 0 Å². The fourth-order valence-electron chi connectivity index (χ4n) is 2.76. The molecule has 0 aromatic carbocycles. The Morgan fingerprint density at radius 1 is 1.12 bits per heavy atom. The van der Waals surface area contributed by atoms with Gasteiger partial charge in [0.05, 0.1) is 32.3 Å². The van der Waals surface area contributed by atoms with Crippen LogP contribution in [0.3, 0.4) is 0 Å². The highest BCUT2D eigenvalue weighted by molar-refractivity contribution is 5.88. The summed E-state index contributed by atoms with van der Waals surface area (Å²) >= 11 is 0. The summed E-state index contributed by atoms with van der Waals surface area (Å²) in [5.74, 6) is -2.62. The fraction of sp³-hybridized carbons (Fsp3) is 0.750. The van der Waals surface area contributed by atoms with Crippen molar-refractivity contribution in [2.45, 2.75) is 45.7 Å². The quantitative estimate of drug-likeness (QED) is 0.568. The molecule has 1 rings (SSSR count). The molecule has 1 saturated heterocycles. The maximum absolute atomic E-state index is 12.7. The van der Waals surface area contributed by atoms with E-state index in [-0.39, 0.29) is 26.3 Å². The van der Waals surface area contributed by atoms with Crippen LogP contribution in [0, 0.1) is 0 Å². The molecule has 25 heavy (non-hydrogen) atoms. The molecule has 0 radical (unpaired) electrons. The molecule has 0 aromatic heterocycles. The minimum atomic E-state index is -1.06. The van der Waals surface area contributed by atoms with E-state index in [0.29, 0.717) is 19.4 Å². The van der Waals surface area contributed by atoms with Crippen LogP contribution in [0.5, 0.6) is 0 Å². The first-order valence-corrected chi connectivity index (χ1v) is 8.40. The summed E-state index contributed by atoms with van der Waals surface area (Å²) in [5.41, 5.74) is 0. The summed E-state index contributed by atoms with van der Waals surface area (Å²) in [7, 11) is 0. The predicted octanol–water partition coefficient (Wildman–Crippen LogP) is -0.121. The number of hydrogen-bond donors (Lipinski definition) is 1. The van der Waals surface area contributed by atoms with Crippen molar-refractivity contribution in [1.82, 2.24) is 9.80 Å². The summed E-state index contributed by atoms with van der Waals surface area (Å²) < 4.78 is 9.75. The van der Waals surface area contributed by atoms with E-state index in [1.54, 1.807) is 13.8 Å². The van der Waals surface area contributed by atoms with Gasteiger partial charge >= 0.3 is 17.9 Å². The topological polar surface area (TPSA) is 113 Å². The lowest BCUT2D eigenvalue weighted by Crippen LogP contribution is -2.53. The number of carbonyl (C=O) groups is 4. The Labute approximate surface area is 146 Å². The lowest BCUT2D eigenvalue weighted by Gasteiger charge is -2.31. The molecule has 0 bridgehead atoms. The number of carboxylic acid groups (broad SMARTS) is 1. The third-order valence-electron chi connectivity index (χ3n) is 4.00. The average molecular weight is 358 g/mol. The van der Waals surface area contributed by atoms with Crippen molar-refractivity contribution in [2.24, 2.45) is 0 Å². The maximum Gasteiger partial charge on any atom is 0.326 e. The summed E-state index contributed by atoms with van der Waals surface area (Å²) in [6.45, 7) is 5.04. The number of carbonyl (C=O) groups excluding carboxylic acids is 3. The largest absolute Gasteiger partial charge is 0.480 e. The van der Waals surface area contributed by atoms with Gasteiger partial charge in [0.15, 0.2) is 0 Å². The number of nitrogens with zero attached hydrogens (tertiary/aromatic N) is 2. The predicted molar refractivity (Wildman–Crippen MR) is 86.7 cm³/mol. The zero-order chi connectivity index (χ0) is 19.0. The molecule has 1 aliphatic heterocycles. The van der Waals surface area contributed by atoms with Gasteiger partial charge in [-0.2, -0.15) is 0 Å². The number of esters is 2. The molecular weight excluding hydrogens is 332 g/mol. The van der Waals surface area contributed by atoms with E-state index in [9.17, 15) is 24.3 Å². The first-order chi connectivity index (χ1) is 11.8. The molecular formula is C16H26N2O7. The van der Waals surface area contributed by atoms with Gasteiger partial charge in [0.1, 0.15) is 6.04 Å². The highest BCUT2D eigenvalue weighted by Gasteiger charge is 2.38. The minimum absolute atomic E-state index is 0.182. The molecule has 1 aliphatic rings. The normalized spacial score (nSPS) is 18.1. The third kappa shape index (κ3) is 6.00. The fourth-order valence-corrected chi connectivity index (χ4v) is 2.76. The Morgan fingerprint density at radius 2 is 1.64 bits per heavy atom. The van der Waals surface area contributed by atoms with Crippen LogP contribution in [0.25, 0.3) is 0 Å². The highest BCUT2D eigenvalue weighted by Crippen LogP contribution is 2.20. The average Bonchev–Trinajstić information content (AvgIpc) is 3.03. The van der Waals surface area contributed by atoms with Gasteiger partial charge in [-0.3, -0.25) is 19.3 Å². The van der Waals surface area contributed by atoms with E-state index in [1.807, 2.05) is 0 Å². The smallest absolute Gasteiger partial charge is 0.326 e. The molecule has 9 nitrogen and oxygen atoms in total. The molecule has 142 valence electrons. The van der Waals surface area contributed by atoms with Gasteiger partial charge < -0.3 is 19.5 Å². The zero-order valence-electron chi connectivity index (χ0n) is 14.9. The standard InChI is InChI=1S/C16H26N2O7/c1-4-24-13(19)9-17(10-14(20)25-5-2)11(3)15(21)18-8-6-7-12(18)16(22)23/h11-12H,4-10H2,1-3H3,(H,22,23)/t11-,12-/m0/s1. The molecule has 0 saturated carbocycles. The van der Waals surface area contributed by atoms with Crippen LogP contribution in [0.1, 0.15) is 33.6 Å². The minimum Gasteiger partial charge on any atom is -0.480 e.